The molecule has 7 nitrogen and oxygen atoms in total. The van der Waals surface area contributed by atoms with Crippen molar-refractivity contribution < 1.29 is 19.2 Å². The normalized spacial score (nSPS) is 10.9. The van der Waals surface area contributed by atoms with Crippen molar-refractivity contribution in [2.45, 2.75) is 0 Å². The van der Waals surface area contributed by atoms with Gasteiger partial charge < -0.3 is 9.73 Å². The van der Waals surface area contributed by atoms with Crippen LogP contribution in [0.25, 0.3) is 17.2 Å². The smallest absolute Gasteiger partial charge is 0.291 e. The molecule has 0 atom stereocenters. The predicted octanol–water partition coefficient (Wildman–Crippen LogP) is 2.60. The fraction of sp³-hybridized carbons (Fsp3) is 0. The molecule has 0 saturated carbocycles. The topological polar surface area (TPSA) is 104 Å². The molecule has 24 heavy (non-hydrogen) atoms. The maximum Gasteiger partial charge on any atom is 0.291 e. The zero-order valence-corrected chi connectivity index (χ0v) is 12.4. The van der Waals surface area contributed by atoms with E-state index in [2.05, 4.69) is 10.3 Å². The largest absolute Gasteiger partial charge is 0.449 e. The summed E-state index contributed by atoms with van der Waals surface area (Å²) in [5.41, 5.74) is 3.72. The number of furan rings is 1. The minimum atomic E-state index is -0.667. The number of hydroxylamine groups is 1. The molecule has 3 aromatic rings. The van der Waals surface area contributed by atoms with Crippen LogP contribution < -0.4 is 10.8 Å². The first kappa shape index (κ1) is 15.4. The molecule has 2 aromatic heterocycles. The third kappa shape index (κ3) is 3.31. The Kier molecular flexibility index (Phi) is 4.35. The van der Waals surface area contributed by atoms with Crippen molar-refractivity contribution in [2.75, 3.05) is 5.32 Å². The Morgan fingerprint density at radius 2 is 2.00 bits per heavy atom. The quantitative estimate of drug-likeness (QED) is 0.389. The van der Waals surface area contributed by atoms with Crippen molar-refractivity contribution in [3.8, 4) is 0 Å². The zero-order chi connectivity index (χ0) is 16.9. The maximum absolute atomic E-state index is 12.4. The summed E-state index contributed by atoms with van der Waals surface area (Å²) in [6, 6.07) is 11.9. The second kappa shape index (κ2) is 6.76. The molecule has 0 aliphatic carbocycles. The van der Waals surface area contributed by atoms with Crippen LogP contribution in [0.3, 0.4) is 0 Å². The van der Waals surface area contributed by atoms with Crippen molar-refractivity contribution in [3.05, 3.63) is 66.1 Å². The van der Waals surface area contributed by atoms with Crippen LogP contribution in [-0.2, 0) is 4.79 Å². The van der Waals surface area contributed by atoms with Crippen molar-refractivity contribution in [2.24, 2.45) is 0 Å². The van der Waals surface area contributed by atoms with E-state index in [1.165, 1.54) is 11.6 Å². The van der Waals surface area contributed by atoms with Crippen molar-refractivity contribution in [1.82, 2.24) is 10.5 Å². The zero-order valence-electron chi connectivity index (χ0n) is 12.4. The number of pyridine rings is 1. The summed E-state index contributed by atoms with van der Waals surface area (Å²) in [6.45, 7) is 0. The summed E-state index contributed by atoms with van der Waals surface area (Å²) in [5, 5.41) is 11.2. The number of nitrogens with zero attached hydrogens (tertiary/aromatic N) is 1. The number of aromatic nitrogens is 1. The van der Waals surface area contributed by atoms with Crippen molar-refractivity contribution in [3.63, 3.8) is 0 Å². The molecule has 0 fully saturated rings. The number of carbonyl (C=O) groups is 2. The number of fused-ring (bicyclic) bond motifs is 1. The Morgan fingerprint density at radius 3 is 2.79 bits per heavy atom. The molecule has 0 aliphatic rings. The number of amides is 2. The number of rotatable bonds is 4. The van der Waals surface area contributed by atoms with Crippen LogP contribution >= 0.6 is 0 Å². The lowest BCUT2D eigenvalue weighted by molar-refractivity contribution is -0.124. The lowest BCUT2D eigenvalue weighted by Crippen LogP contribution is -2.15. The highest BCUT2D eigenvalue weighted by Crippen LogP contribution is 2.20. The van der Waals surface area contributed by atoms with Gasteiger partial charge in [0.05, 0.1) is 0 Å². The third-order valence-electron chi connectivity index (χ3n) is 3.24. The average Bonchev–Trinajstić information content (AvgIpc) is 3.05. The molecule has 1 aromatic carbocycles. The summed E-state index contributed by atoms with van der Waals surface area (Å²) >= 11 is 0. The molecule has 0 spiro atoms. The van der Waals surface area contributed by atoms with Gasteiger partial charge in [0.25, 0.3) is 11.8 Å². The van der Waals surface area contributed by atoms with Crippen LogP contribution in [-0.4, -0.2) is 22.0 Å². The minimum absolute atomic E-state index is 0.135. The lowest BCUT2D eigenvalue weighted by atomic mass is 10.1. The number of hydrogen-bond donors (Lipinski definition) is 3. The molecule has 0 aliphatic heterocycles. The molecule has 2 amide bonds. The Labute approximate surface area is 136 Å². The van der Waals surface area contributed by atoms with Crippen molar-refractivity contribution >= 4 is 34.7 Å². The molecular formula is C17H13N3O4. The van der Waals surface area contributed by atoms with E-state index < -0.39 is 11.8 Å². The van der Waals surface area contributed by atoms with E-state index in [4.69, 9.17) is 9.62 Å². The van der Waals surface area contributed by atoms with E-state index in [-0.39, 0.29) is 5.76 Å². The van der Waals surface area contributed by atoms with Crippen molar-refractivity contribution in [1.29, 1.82) is 0 Å². The van der Waals surface area contributed by atoms with Crippen LogP contribution in [0.1, 0.15) is 16.1 Å². The summed E-state index contributed by atoms with van der Waals surface area (Å²) in [4.78, 5) is 27.6. The van der Waals surface area contributed by atoms with Gasteiger partial charge in [0.2, 0.25) is 0 Å². The predicted molar refractivity (Wildman–Crippen MR) is 87.4 cm³/mol. The number of carbonyl (C=O) groups excluding carboxylic acids is 2. The van der Waals surface area contributed by atoms with E-state index in [1.807, 2.05) is 0 Å². The second-order valence-corrected chi connectivity index (χ2v) is 4.85. The van der Waals surface area contributed by atoms with Crippen LogP contribution in [0.4, 0.5) is 5.69 Å². The molecule has 120 valence electrons. The van der Waals surface area contributed by atoms with Crippen LogP contribution in [0.15, 0.2) is 59.2 Å². The van der Waals surface area contributed by atoms with Gasteiger partial charge in [-0.1, -0.05) is 18.2 Å². The summed E-state index contributed by atoms with van der Waals surface area (Å²) in [6.07, 6.45) is 4.24. The van der Waals surface area contributed by atoms with Gasteiger partial charge in [-0.3, -0.25) is 19.8 Å². The second-order valence-electron chi connectivity index (χ2n) is 4.85. The monoisotopic (exact) mass is 323 g/mol. The number of nitrogens with one attached hydrogen (secondary N) is 2. The molecule has 0 saturated heterocycles. The highest BCUT2D eigenvalue weighted by molar-refractivity contribution is 6.05. The first-order valence-electron chi connectivity index (χ1n) is 7.04. The fourth-order valence-electron chi connectivity index (χ4n) is 2.12. The molecule has 7 heteroatoms. The Bertz CT molecular complexity index is 897. The number of para-hydroxylation sites is 1. The third-order valence-corrected chi connectivity index (χ3v) is 3.24. The summed E-state index contributed by atoms with van der Waals surface area (Å²) in [5.74, 6) is -0.962. The molecule has 0 bridgehead atoms. The van der Waals surface area contributed by atoms with E-state index in [1.54, 1.807) is 48.7 Å². The Morgan fingerprint density at radius 1 is 1.17 bits per heavy atom. The van der Waals surface area contributed by atoms with Crippen LogP contribution in [0.2, 0.25) is 0 Å². The molecular weight excluding hydrogens is 310 g/mol. The Hall–Kier alpha value is -3.45. The number of hydrogen-bond acceptors (Lipinski definition) is 5. The van der Waals surface area contributed by atoms with Gasteiger partial charge in [0.1, 0.15) is 5.52 Å². The lowest BCUT2D eigenvalue weighted by Gasteiger charge is -2.06. The summed E-state index contributed by atoms with van der Waals surface area (Å²) in [7, 11) is 0. The SMILES string of the molecule is O=C(/C=C/c1ccccc1NC(=O)c1cc2ncccc2o1)NO. The van der Waals surface area contributed by atoms with Gasteiger partial charge in [0, 0.05) is 24.0 Å². The average molecular weight is 323 g/mol. The minimum Gasteiger partial charge on any atom is -0.449 e. The van der Waals surface area contributed by atoms with Gasteiger partial charge in [0.15, 0.2) is 11.3 Å². The van der Waals surface area contributed by atoms with E-state index in [0.717, 1.165) is 6.08 Å². The molecule has 0 radical (unpaired) electrons. The molecule has 3 N–H and O–H groups in total. The van der Waals surface area contributed by atoms with Gasteiger partial charge in [-0.05, 0) is 29.8 Å². The first-order valence-corrected chi connectivity index (χ1v) is 7.04. The number of benzene rings is 1. The highest BCUT2D eigenvalue weighted by Gasteiger charge is 2.14. The van der Waals surface area contributed by atoms with Gasteiger partial charge in [-0.2, -0.15) is 0 Å². The van der Waals surface area contributed by atoms with E-state index in [0.29, 0.717) is 22.4 Å². The van der Waals surface area contributed by atoms with Gasteiger partial charge in [-0.15, -0.1) is 0 Å². The maximum atomic E-state index is 12.4. The van der Waals surface area contributed by atoms with Crippen LogP contribution in [0, 0.1) is 0 Å². The standard InChI is InChI=1S/C17H13N3O4/c21-16(20-23)8-7-11-4-1-2-5-12(11)19-17(22)15-10-13-14(24-15)6-3-9-18-13/h1-10,23H,(H,19,22)(H,20,21)/b8-7+. The Balaban J connectivity index is 1.84. The number of anilines is 1. The van der Waals surface area contributed by atoms with Gasteiger partial charge >= 0.3 is 0 Å². The molecule has 2 heterocycles. The molecule has 3 rings (SSSR count). The highest BCUT2D eigenvalue weighted by atomic mass is 16.5. The van der Waals surface area contributed by atoms with Crippen LogP contribution in [0.5, 0.6) is 0 Å². The molecule has 0 unspecified atom stereocenters. The first-order chi connectivity index (χ1) is 11.7. The van der Waals surface area contributed by atoms with E-state index in [9.17, 15) is 9.59 Å². The summed E-state index contributed by atoms with van der Waals surface area (Å²) < 4.78 is 5.47. The van der Waals surface area contributed by atoms with Gasteiger partial charge in [-0.25, -0.2) is 5.48 Å². The van der Waals surface area contributed by atoms with E-state index >= 15 is 0 Å². The fourth-order valence-corrected chi connectivity index (χ4v) is 2.12.